The third-order valence-electron chi connectivity index (χ3n) is 7.03. The van der Waals surface area contributed by atoms with E-state index >= 15 is 0 Å². The summed E-state index contributed by atoms with van der Waals surface area (Å²) in [6, 6.07) is 18.8. The number of aliphatic imine (C=N–C) groups is 1. The molecule has 0 bridgehead atoms. The molecule has 0 aliphatic heterocycles. The second-order valence-electron chi connectivity index (χ2n) is 17.5. The smallest absolute Gasteiger partial charge is 0.437 e. The summed E-state index contributed by atoms with van der Waals surface area (Å²) < 4.78 is 32.5. The molecule has 60 heavy (non-hydrogen) atoms. The molecule has 0 heterocycles. The van der Waals surface area contributed by atoms with Crippen molar-refractivity contribution in [3.8, 4) is 5.75 Å². The SMILES string of the molecule is CC(C)(C)OC(=O)CN(Cc1cccc(C(=O)OC(C)(C)C)c1)C(=O)OCc1ccc(OC(=O)c2ccc(NC(=NC(=O)OC(C)(C)C)NC(=O)OC(C)(C)C)cc2)cc1. The number of carbonyl (C=O) groups is 6. The Hall–Kier alpha value is -6.45. The van der Waals surface area contributed by atoms with Gasteiger partial charge in [-0.3, -0.25) is 15.0 Å². The van der Waals surface area contributed by atoms with Crippen molar-refractivity contribution in [3.63, 3.8) is 0 Å². The molecule has 2 N–H and O–H groups in total. The number of hydrogen-bond acceptors (Lipinski definition) is 12. The molecule has 0 aliphatic carbocycles. The third kappa shape index (κ3) is 18.4. The minimum atomic E-state index is -0.954. The lowest BCUT2D eigenvalue weighted by atomic mass is 10.1. The first kappa shape index (κ1) is 47.9. The molecule has 3 aromatic rings. The van der Waals surface area contributed by atoms with Crippen molar-refractivity contribution in [2.24, 2.45) is 4.99 Å². The van der Waals surface area contributed by atoms with Gasteiger partial charge in [0.1, 0.15) is 41.3 Å². The average Bonchev–Trinajstić information content (AvgIpc) is 3.08. The Balaban J connectivity index is 1.66. The highest BCUT2D eigenvalue weighted by molar-refractivity contribution is 6.06. The van der Waals surface area contributed by atoms with Crippen LogP contribution < -0.4 is 15.4 Å². The van der Waals surface area contributed by atoms with Crippen molar-refractivity contribution in [2.45, 2.75) is 119 Å². The van der Waals surface area contributed by atoms with Crippen LogP contribution in [0.1, 0.15) is 115 Å². The highest BCUT2D eigenvalue weighted by Gasteiger charge is 2.25. The van der Waals surface area contributed by atoms with Crippen LogP contribution in [0.2, 0.25) is 0 Å². The highest BCUT2D eigenvalue weighted by Crippen LogP contribution is 2.19. The van der Waals surface area contributed by atoms with Gasteiger partial charge in [0.2, 0.25) is 5.96 Å². The Morgan fingerprint density at radius 1 is 0.617 bits per heavy atom. The van der Waals surface area contributed by atoms with E-state index in [4.69, 9.17) is 28.4 Å². The van der Waals surface area contributed by atoms with Crippen LogP contribution in [-0.4, -0.2) is 76.0 Å². The van der Waals surface area contributed by atoms with E-state index in [1.807, 2.05) is 0 Å². The van der Waals surface area contributed by atoms with Gasteiger partial charge in [-0.25, -0.2) is 24.0 Å². The maximum Gasteiger partial charge on any atom is 0.437 e. The Morgan fingerprint density at radius 3 is 1.77 bits per heavy atom. The summed E-state index contributed by atoms with van der Waals surface area (Å²) in [6.07, 6.45) is -2.62. The lowest BCUT2D eigenvalue weighted by Crippen LogP contribution is -2.40. The molecule has 324 valence electrons. The molecule has 3 amide bonds. The minimum Gasteiger partial charge on any atom is -0.459 e. The number of esters is 3. The quantitative estimate of drug-likeness (QED) is 0.0648. The zero-order valence-electron chi connectivity index (χ0n) is 36.3. The normalized spacial score (nSPS) is 12.0. The number of carbonyl (C=O) groups excluding carboxylic acids is 6. The van der Waals surface area contributed by atoms with Gasteiger partial charge in [0.15, 0.2) is 0 Å². The second kappa shape index (κ2) is 20.0. The van der Waals surface area contributed by atoms with E-state index in [9.17, 15) is 28.8 Å². The topological polar surface area (TPSA) is 197 Å². The van der Waals surface area contributed by atoms with Crippen LogP contribution in [0, 0.1) is 0 Å². The molecule has 0 aliphatic rings. The van der Waals surface area contributed by atoms with Crippen LogP contribution in [0.3, 0.4) is 0 Å². The van der Waals surface area contributed by atoms with Gasteiger partial charge in [-0.2, -0.15) is 0 Å². The van der Waals surface area contributed by atoms with Gasteiger partial charge in [-0.05, 0) is 143 Å². The number of benzene rings is 3. The van der Waals surface area contributed by atoms with E-state index in [0.29, 0.717) is 16.8 Å². The standard InChI is InChI=1S/C44H56N4O12/c1-41(2,3)57-34(49)26-48(25-29-14-13-15-31(24-29)36(51)58-42(4,5)6)40(54)55-27-28-16-22-33(23-17-28)56-35(50)30-18-20-32(21-19-30)45-37(46-38(52)59-43(7,8)9)47-39(53)60-44(10,11)12/h13-24H,25-27H2,1-12H3,(H2,45,46,47,52,53). The number of amides is 3. The summed E-state index contributed by atoms with van der Waals surface area (Å²) in [5.74, 6) is -1.91. The van der Waals surface area contributed by atoms with Crippen LogP contribution in [0.25, 0.3) is 0 Å². The molecule has 0 aromatic heterocycles. The number of anilines is 1. The molecular formula is C44H56N4O12. The van der Waals surface area contributed by atoms with E-state index in [1.54, 1.807) is 119 Å². The number of alkyl carbamates (subject to hydrolysis) is 1. The molecule has 0 saturated heterocycles. The number of guanidine groups is 1. The molecule has 3 rings (SSSR count). The molecular weight excluding hydrogens is 776 g/mol. The summed E-state index contributed by atoms with van der Waals surface area (Å²) in [7, 11) is 0. The maximum atomic E-state index is 13.4. The van der Waals surface area contributed by atoms with E-state index in [0.717, 1.165) is 0 Å². The summed E-state index contributed by atoms with van der Waals surface area (Å²) >= 11 is 0. The van der Waals surface area contributed by atoms with Gasteiger partial charge in [0, 0.05) is 12.2 Å². The van der Waals surface area contributed by atoms with E-state index in [1.165, 1.54) is 41.3 Å². The van der Waals surface area contributed by atoms with Gasteiger partial charge in [-0.15, -0.1) is 4.99 Å². The van der Waals surface area contributed by atoms with Crippen LogP contribution in [0.15, 0.2) is 77.8 Å². The van der Waals surface area contributed by atoms with Crippen molar-refractivity contribution < 1.29 is 57.2 Å². The molecule has 0 radical (unpaired) electrons. The summed E-state index contributed by atoms with van der Waals surface area (Å²) in [5.41, 5.74) is -1.19. The molecule has 3 aromatic carbocycles. The summed E-state index contributed by atoms with van der Waals surface area (Å²) in [6.45, 7) is 19.8. The number of nitrogens with zero attached hydrogens (tertiary/aromatic N) is 2. The lowest BCUT2D eigenvalue weighted by Gasteiger charge is -2.25. The van der Waals surface area contributed by atoms with Gasteiger partial charge < -0.3 is 33.7 Å². The molecule has 0 atom stereocenters. The second-order valence-corrected chi connectivity index (χ2v) is 17.5. The Labute approximate surface area is 350 Å². The number of hydrogen-bond donors (Lipinski definition) is 2. The fourth-order valence-electron chi connectivity index (χ4n) is 4.81. The average molecular weight is 833 g/mol. The number of ether oxygens (including phenoxy) is 6. The monoisotopic (exact) mass is 832 g/mol. The van der Waals surface area contributed by atoms with Gasteiger partial charge >= 0.3 is 36.2 Å². The van der Waals surface area contributed by atoms with Crippen molar-refractivity contribution in [3.05, 3.63) is 95.1 Å². The zero-order valence-corrected chi connectivity index (χ0v) is 36.3. The third-order valence-corrected chi connectivity index (χ3v) is 7.03. The first-order valence-corrected chi connectivity index (χ1v) is 19.1. The summed E-state index contributed by atoms with van der Waals surface area (Å²) in [4.78, 5) is 81.6. The highest BCUT2D eigenvalue weighted by atomic mass is 16.6. The molecule has 0 fully saturated rings. The number of rotatable bonds is 10. The van der Waals surface area contributed by atoms with Gasteiger partial charge in [0.25, 0.3) is 0 Å². The van der Waals surface area contributed by atoms with Gasteiger partial charge in [0.05, 0.1) is 11.1 Å². The molecule has 16 heteroatoms. The van der Waals surface area contributed by atoms with Crippen molar-refractivity contribution in [2.75, 3.05) is 11.9 Å². The van der Waals surface area contributed by atoms with E-state index in [-0.39, 0.29) is 36.0 Å². The number of nitrogens with one attached hydrogen (secondary N) is 2. The maximum absolute atomic E-state index is 13.4. The molecule has 0 saturated carbocycles. The largest absolute Gasteiger partial charge is 0.459 e. The lowest BCUT2D eigenvalue weighted by molar-refractivity contribution is -0.155. The van der Waals surface area contributed by atoms with Crippen LogP contribution in [0.4, 0.5) is 20.1 Å². The summed E-state index contributed by atoms with van der Waals surface area (Å²) in [5, 5.41) is 5.20. The Kier molecular flexibility index (Phi) is 16.0. The Bertz CT molecular complexity index is 2030. The van der Waals surface area contributed by atoms with Crippen molar-refractivity contribution >= 4 is 47.8 Å². The first-order chi connectivity index (χ1) is 27.6. The van der Waals surface area contributed by atoms with E-state index in [2.05, 4.69) is 15.6 Å². The predicted octanol–water partition coefficient (Wildman–Crippen LogP) is 8.57. The minimum absolute atomic E-state index is 0.0650. The Morgan fingerprint density at radius 2 is 1.20 bits per heavy atom. The van der Waals surface area contributed by atoms with Crippen LogP contribution >= 0.6 is 0 Å². The fraction of sp³-hybridized carbons (Fsp3) is 0.432. The van der Waals surface area contributed by atoms with Crippen molar-refractivity contribution in [1.29, 1.82) is 0 Å². The fourth-order valence-corrected chi connectivity index (χ4v) is 4.81. The van der Waals surface area contributed by atoms with Crippen LogP contribution in [0.5, 0.6) is 5.75 Å². The van der Waals surface area contributed by atoms with Crippen molar-refractivity contribution in [1.82, 2.24) is 10.2 Å². The molecule has 0 unspecified atom stereocenters. The van der Waals surface area contributed by atoms with Crippen LogP contribution in [-0.2, 0) is 41.6 Å². The van der Waals surface area contributed by atoms with Gasteiger partial charge in [-0.1, -0.05) is 24.3 Å². The predicted molar refractivity (Wildman–Crippen MR) is 223 cm³/mol. The van der Waals surface area contributed by atoms with E-state index < -0.39 is 65.1 Å². The molecule has 0 spiro atoms. The zero-order chi connectivity index (χ0) is 45.1. The first-order valence-electron chi connectivity index (χ1n) is 19.1. The molecule has 16 nitrogen and oxygen atoms in total.